The number of aryl methyl sites for hydroxylation is 1. The van der Waals surface area contributed by atoms with Crippen molar-refractivity contribution in [2.75, 3.05) is 12.0 Å². The third-order valence-corrected chi connectivity index (χ3v) is 4.99. The minimum absolute atomic E-state index is 0.0386. The summed E-state index contributed by atoms with van der Waals surface area (Å²) >= 11 is 8.55. The predicted octanol–water partition coefficient (Wildman–Crippen LogP) is 3.51. The molecule has 2 aromatic carbocycles. The van der Waals surface area contributed by atoms with Crippen LogP contribution in [0.4, 0.5) is 11.4 Å². The van der Waals surface area contributed by atoms with Crippen molar-refractivity contribution in [1.29, 1.82) is 0 Å². The van der Waals surface area contributed by atoms with E-state index in [2.05, 4.69) is 21.2 Å². The zero-order valence-corrected chi connectivity index (χ0v) is 17.7. The molecule has 0 saturated carbocycles. The van der Waals surface area contributed by atoms with Crippen molar-refractivity contribution in [1.82, 2.24) is 5.32 Å². The summed E-state index contributed by atoms with van der Waals surface area (Å²) < 4.78 is 5.80. The van der Waals surface area contributed by atoms with Gasteiger partial charge in [0.2, 0.25) is 0 Å². The molecule has 0 radical (unpaired) electrons. The average Bonchev–Trinajstić information content (AvgIpc) is 2.66. The molecule has 2 aromatic rings. The molecule has 3 rings (SSSR count). The average molecular weight is 476 g/mol. The van der Waals surface area contributed by atoms with Crippen molar-refractivity contribution in [3.63, 3.8) is 0 Å². The van der Waals surface area contributed by atoms with E-state index in [-0.39, 0.29) is 22.1 Å². The van der Waals surface area contributed by atoms with Gasteiger partial charge in [0.1, 0.15) is 5.57 Å². The molecule has 0 atom stereocenters. The van der Waals surface area contributed by atoms with Crippen molar-refractivity contribution in [2.24, 2.45) is 0 Å². The van der Waals surface area contributed by atoms with Crippen LogP contribution in [0.15, 0.2) is 46.4 Å². The number of nitro benzene ring substituents is 1. The fourth-order valence-corrected chi connectivity index (χ4v) is 3.60. The number of carbonyl (C=O) groups excluding carboxylic acids is 2. The number of ether oxygens (including phenoxy) is 1. The van der Waals surface area contributed by atoms with Crippen LogP contribution in [-0.2, 0) is 9.59 Å². The van der Waals surface area contributed by atoms with Crippen LogP contribution in [0.25, 0.3) is 6.08 Å². The Morgan fingerprint density at radius 1 is 1.24 bits per heavy atom. The first-order chi connectivity index (χ1) is 13.7. The highest BCUT2D eigenvalue weighted by Crippen LogP contribution is 2.30. The van der Waals surface area contributed by atoms with Crippen LogP contribution < -0.4 is 15.0 Å². The van der Waals surface area contributed by atoms with Gasteiger partial charge >= 0.3 is 5.69 Å². The number of amides is 2. The maximum Gasteiger partial charge on any atom is 0.311 e. The van der Waals surface area contributed by atoms with E-state index >= 15 is 0 Å². The van der Waals surface area contributed by atoms with Crippen molar-refractivity contribution < 1.29 is 19.2 Å². The molecule has 2 amide bonds. The number of carbonyl (C=O) groups is 2. The topological polar surface area (TPSA) is 102 Å². The molecule has 1 aliphatic rings. The Morgan fingerprint density at radius 3 is 2.59 bits per heavy atom. The zero-order valence-electron chi connectivity index (χ0n) is 15.3. The van der Waals surface area contributed by atoms with Gasteiger partial charge in [0.15, 0.2) is 10.9 Å². The monoisotopic (exact) mass is 475 g/mol. The van der Waals surface area contributed by atoms with Gasteiger partial charge in [0.25, 0.3) is 11.8 Å². The number of methoxy groups -OCH3 is 1. The molecule has 0 aliphatic carbocycles. The number of nitrogens with one attached hydrogen (secondary N) is 1. The van der Waals surface area contributed by atoms with Crippen LogP contribution in [-0.4, -0.2) is 29.0 Å². The fraction of sp³-hybridized carbons (Fsp3) is 0.105. The van der Waals surface area contributed by atoms with Crippen molar-refractivity contribution in [3.05, 3.63) is 67.7 Å². The third kappa shape index (κ3) is 4.03. The van der Waals surface area contributed by atoms with Crippen molar-refractivity contribution in [3.8, 4) is 5.75 Å². The Labute approximate surface area is 179 Å². The molecule has 0 spiro atoms. The number of anilines is 1. The fourth-order valence-electron chi connectivity index (χ4n) is 2.85. The summed E-state index contributed by atoms with van der Waals surface area (Å²) in [5.74, 6) is -1.23. The van der Waals surface area contributed by atoms with Gasteiger partial charge in [-0.2, -0.15) is 0 Å². The standard InChI is InChI=1S/C19H14BrN3O5S/c1-10-7-12(20)4-5-14(10)22-18(25)13(17(24)21-19(22)29)8-11-3-6-16(28-2)15(9-11)23(26)27/h3-9H,1-2H3,(H,21,24,29)/b13-8+. The molecule has 1 heterocycles. The van der Waals surface area contributed by atoms with Gasteiger partial charge in [-0.15, -0.1) is 0 Å². The summed E-state index contributed by atoms with van der Waals surface area (Å²) in [4.78, 5) is 37.3. The number of halogens is 1. The number of benzene rings is 2. The van der Waals surface area contributed by atoms with E-state index in [0.717, 1.165) is 10.0 Å². The lowest BCUT2D eigenvalue weighted by Gasteiger charge is -2.30. The molecule has 0 unspecified atom stereocenters. The van der Waals surface area contributed by atoms with Crippen LogP contribution in [0.1, 0.15) is 11.1 Å². The number of hydrogen-bond donors (Lipinski definition) is 1. The number of nitro groups is 1. The molecule has 0 aromatic heterocycles. The summed E-state index contributed by atoms with van der Waals surface area (Å²) in [6.07, 6.45) is 1.28. The molecule has 148 valence electrons. The molecule has 1 fully saturated rings. The predicted molar refractivity (Wildman–Crippen MR) is 115 cm³/mol. The molecule has 1 N–H and O–H groups in total. The van der Waals surface area contributed by atoms with Gasteiger partial charge in [0.05, 0.1) is 17.7 Å². The minimum atomic E-state index is -0.676. The zero-order chi connectivity index (χ0) is 21.3. The van der Waals surface area contributed by atoms with Crippen LogP contribution in [0.5, 0.6) is 5.75 Å². The van der Waals surface area contributed by atoms with Crippen molar-refractivity contribution in [2.45, 2.75) is 6.92 Å². The van der Waals surface area contributed by atoms with E-state index in [1.165, 1.54) is 36.3 Å². The first-order valence-corrected chi connectivity index (χ1v) is 9.43. The van der Waals surface area contributed by atoms with Crippen molar-refractivity contribution >= 4 is 62.5 Å². The minimum Gasteiger partial charge on any atom is -0.490 e. The maximum absolute atomic E-state index is 13.1. The molecule has 1 aliphatic heterocycles. The summed E-state index contributed by atoms with van der Waals surface area (Å²) in [6.45, 7) is 1.81. The number of thiocarbonyl (C=S) groups is 1. The van der Waals surface area contributed by atoms with Crippen LogP contribution in [0, 0.1) is 17.0 Å². The highest BCUT2D eigenvalue weighted by atomic mass is 79.9. The van der Waals surface area contributed by atoms with Gasteiger partial charge in [0, 0.05) is 10.5 Å². The Kier molecular flexibility index (Phi) is 5.76. The molecular weight excluding hydrogens is 462 g/mol. The summed E-state index contributed by atoms with van der Waals surface area (Å²) in [7, 11) is 1.32. The van der Waals surface area contributed by atoms with E-state index in [1.54, 1.807) is 12.1 Å². The van der Waals surface area contributed by atoms with E-state index in [9.17, 15) is 19.7 Å². The normalized spacial score (nSPS) is 15.5. The number of nitrogens with zero attached hydrogens (tertiary/aromatic N) is 2. The van der Waals surface area contributed by atoms with Gasteiger partial charge < -0.3 is 4.74 Å². The second kappa shape index (κ2) is 8.10. The maximum atomic E-state index is 13.1. The first-order valence-electron chi connectivity index (χ1n) is 8.23. The van der Waals surface area contributed by atoms with E-state index in [4.69, 9.17) is 17.0 Å². The number of hydrogen-bond acceptors (Lipinski definition) is 6. The second-order valence-electron chi connectivity index (χ2n) is 6.08. The molecule has 10 heteroatoms. The Balaban J connectivity index is 2.06. The van der Waals surface area contributed by atoms with Gasteiger partial charge in [-0.25, -0.2) is 0 Å². The van der Waals surface area contributed by atoms with Gasteiger partial charge in [-0.1, -0.05) is 22.0 Å². The van der Waals surface area contributed by atoms with E-state index in [1.807, 2.05) is 13.0 Å². The van der Waals surface area contributed by atoms with Crippen LogP contribution in [0.2, 0.25) is 0 Å². The second-order valence-corrected chi connectivity index (χ2v) is 7.38. The molecule has 0 bridgehead atoms. The lowest BCUT2D eigenvalue weighted by atomic mass is 10.1. The summed E-state index contributed by atoms with van der Waals surface area (Å²) in [5.41, 5.74) is 1.12. The van der Waals surface area contributed by atoms with E-state index < -0.39 is 16.7 Å². The lowest BCUT2D eigenvalue weighted by Crippen LogP contribution is -2.54. The Hall–Kier alpha value is -3.11. The molecule has 29 heavy (non-hydrogen) atoms. The van der Waals surface area contributed by atoms with Gasteiger partial charge in [-0.3, -0.25) is 29.9 Å². The SMILES string of the molecule is COc1ccc(/C=C2\C(=O)NC(=S)N(c3ccc(Br)cc3C)C2=O)cc1[N+](=O)[O-]. The Morgan fingerprint density at radius 2 is 1.97 bits per heavy atom. The summed E-state index contributed by atoms with van der Waals surface area (Å²) in [5, 5.41) is 13.7. The molecular formula is C19H14BrN3O5S. The molecule has 8 nitrogen and oxygen atoms in total. The largest absolute Gasteiger partial charge is 0.490 e. The third-order valence-electron chi connectivity index (χ3n) is 4.21. The molecule has 1 saturated heterocycles. The van der Waals surface area contributed by atoms with Gasteiger partial charge in [-0.05, 0) is 60.6 Å². The first kappa shape index (κ1) is 20.6. The lowest BCUT2D eigenvalue weighted by molar-refractivity contribution is -0.385. The highest BCUT2D eigenvalue weighted by molar-refractivity contribution is 9.10. The smallest absolute Gasteiger partial charge is 0.311 e. The van der Waals surface area contributed by atoms with Crippen LogP contribution in [0.3, 0.4) is 0 Å². The number of rotatable bonds is 4. The highest BCUT2D eigenvalue weighted by Gasteiger charge is 2.35. The quantitative estimate of drug-likeness (QED) is 0.238. The van der Waals surface area contributed by atoms with Crippen LogP contribution >= 0.6 is 28.1 Å². The summed E-state index contributed by atoms with van der Waals surface area (Å²) in [6, 6.07) is 9.42. The van der Waals surface area contributed by atoms with E-state index in [0.29, 0.717) is 11.3 Å². The Bertz CT molecular complexity index is 1100.